The van der Waals surface area contributed by atoms with Crippen molar-refractivity contribution in [1.29, 1.82) is 0 Å². The minimum Gasteiger partial charge on any atom is -0.371 e. The SMILES string of the molecule is CC(C1=NCCN1)c1ccc(Br)cc1. The Morgan fingerprint density at radius 2 is 2.07 bits per heavy atom. The van der Waals surface area contributed by atoms with Crippen LogP contribution in [0.4, 0.5) is 0 Å². The molecule has 2 rings (SSSR count). The van der Waals surface area contributed by atoms with Crippen molar-refractivity contribution in [2.24, 2.45) is 4.99 Å². The molecule has 1 atom stereocenters. The summed E-state index contributed by atoms with van der Waals surface area (Å²) in [6, 6.07) is 8.41. The molecule has 2 nitrogen and oxygen atoms in total. The van der Waals surface area contributed by atoms with E-state index in [0.29, 0.717) is 5.92 Å². The second kappa shape index (κ2) is 4.13. The molecule has 0 saturated heterocycles. The van der Waals surface area contributed by atoms with Crippen LogP contribution in [-0.4, -0.2) is 18.9 Å². The van der Waals surface area contributed by atoms with Crippen molar-refractivity contribution in [2.75, 3.05) is 13.1 Å². The second-order valence-electron chi connectivity index (χ2n) is 3.47. The smallest absolute Gasteiger partial charge is 0.104 e. The van der Waals surface area contributed by atoms with Crippen LogP contribution in [0.3, 0.4) is 0 Å². The van der Waals surface area contributed by atoms with E-state index < -0.39 is 0 Å². The van der Waals surface area contributed by atoms with Gasteiger partial charge in [0.1, 0.15) is 5.84 Å². The minimum absolute atomic E-state index is 0.380. The van der Waals surface area contributed by atoms with Crippen LogP contribution in [0.15, 0.2) is 33.7 Å². The molecule has 0 bridgehead atoms. The van der Waals surface area contributed by atoms with Crippen molar-refractivity contribution >= 4 is 21.8 Å². The van der Waals surface area contributed by atoms with E-state index in [1.165, 1.54) is 5.56 Å². The van der Waals surface area contributed by atoms with E-state index in [1.54, 1.807) is 0 Å². The summed E-state index contributed by atoms with van der Waals surface area (Å²) in [4.78, 5) is 4.43. The van der Waals surface area contributed by atoms with Crippen molar-refractivity contribution in [3.05, 3.63) is 34.3 Å². The third kappa shape index (κ3) is 1.98. The van der Waals surface area contributed by atoms with Gasteiger partial charge < -0.3 is 5.32 Å². The summed E-state index contributed by atoms with van der Waals surface area (Å²) in [5, 5.41) is 3.31. The summed E-state index contributed by atoms with van der Waals surface area (Å²) < 4.78 is 1.12. The third-order valence-electron chi connectivity index (χ3n) is 2.48. The van der Waals surface area contributed by atoms with Crippen molar-refractivity contribution in [1.82, 2.24) is 5.32 Å². The fourth-order valence-corrected chi connectivity index (χ4v) is 1.88. The first-order chi connectivity index (χ1) is 6.77. The summed E-state index contributed by atoms with van der Waals surface area (Å²) in [5.41, 5.74) is 1.31. The normalized spacial score (nSPS) is 17.4. The molecule has 14 heavy (non-hydrogen) atoms. The van der Waals surface area contributed by atoms with Crippen LogP contribution >= 0.6 is 15.9 Å². The van der Waals surface area contributed by atoms with Gasteiger partial charge in [-0.15, -0.1) is 0 Å². The van der Waals surface area contributed by atoms with Crippen LogP contribution in [-0.2, 0) is 0 Å². The van der Waals surface area contributed by atoms with Gasteiger partial charge >= 0.3 is 0 Å². The van der Waals surface area contributed by atoms with E-state index in [4.69, 9.17) is 0 Å². The molecule has 1 aliphatic rings. The predicted octanol–water partition coefficient (Wildman–Crippen LogP) is 2.55. The fraction of sp³-hybridized carbons (Fsp3) is 0.364. The van der Waals surface area contributed by atoms with Crippen molar-refractivity contribution < 1.29 is 0 Å². The van der Waals surface area contributed by atoms with Gasteiger partial charge in [0, 0.05) is 16.9 Å². The lowest BCUT2D eigenvalue weighted by Crippen LogP contribution is -2.23. The zero-order valence-electron chi connectivity index (χ0n) is 8.13. The van der Waals surface area contributed by atoms with E-state index in [-0.39, 0.29) is 0 Å². The van der Waals surface area contributed by atoms with E-state index in [9.17, 15) is 0 Å². The molecule has 1 aliphatic heterocycles. The van der Waals surface area contributed by atoms with Gasteiger partial charge in [-0.25, -0.2) is 0 Å². The molecule has 3 heteroatoms. The molecule has 0 aromatic heterocycles. The Morgan fingerprint density at radius 1 is 1.36 bits per heavy atom. The second-order valence-corrected chi connectivity index (χ2v) is 4.38. The van der Waals surface area contributed by atoms with Gasteiger partial charge in [-0.3, -0.25) is 4.99 Å². The highest BCUT2D eigenvalue weighted by atomic mass is 79.9. The number of aliphatic imine (C=N–C) groups is 1. The summed E-state index contributed by atoms with van der Waals surface area (Å²) in [6.07, 6.45) is 0. The molecule has 1 N–H and O–H groups in total. The van der Waals surface area contributed by atoms with E-state index in [1.807, 2.05) is 0 Å². The molecule has 0 spiro atoms. The number of hydrogen-bond donors (Lipinski definition) is 1. The molecule has 1 aromatic rings. The molecule has 0 fully saturated rings. The highest BCUT2D eigenvalue weighted by molar-refractivity contribution is 9.10. The number of halogens is 1. The summed E-state index contributed by atoms with van der Waals surface area (Å²) in [5.74, 6) is 1.50. The van der Waals surface area contributed by atoms with Gasteiger partial charge in [0.15, 0.2) is 0 Å². The molecule has 0 aliphatic carbocycles. The number of amidine groups is 1. The Kier molecular flexibility index (Phi) is 2.87. The maximum atomic E-state index is 4.43. The lowest BCUT2D eigenvalue weighted by Gasteiger charge is -2.12. The Morgan fingerprint density at radius 3 is 2.64 bits per heavy atom. The fourth-order valence-electron chi connectivity index (χ4n) is 1.62. The van der Waals surface area contributed by atoms with Gasteiger partial charge in [-0.2, -0.15) is 0 Å². The lowest BCUT2D eigenvalue weighted by atomic mass is 10.0. The van der Waals surface area contributed by atoms with Crippen LogP contribution in [0, 0.1) is 0 Å². The number of nitrogens with one attached hydrogen (secondary N) is 1. The van der Waals surface area contributed by atoms with Gasteiger partial charge in [-0.1, -0.05) is 35.0 Å². The number of hydrogen-bond acceptors (Lipinski definition) is 2. The van der Waals surface area contributed by atoms with Crippen molar-refractivity contribution in [2.45, 2.75) is 12.8 Å². The van der Waals surface area contributed by atoms with E-state index in [0.717, 1.165) is 23.4 Å². The number of nitrogens with zero attached hydrogens (tertiary/aromatic N) is 1. The molecule has 1 heterocycles. The molecule has 1 unspecified atom stereocenters. The molecule has 0 amide bonds. The lowest BCUT2D eigenvalue weighted by molar-refractivity contribution is 0.919. The average molecular weight is 253 g/mol. The standard InChI is InChI=1S/C11H13BrN2/c1-8(11-13-6-7-14-11)9-2-4-10(12)5-3-9/h2-5,8H,6-7H2,1H3,(H,13,14). The van der Waals surface area contributed by atoms with Gasteiger partial charge in [-0.05, 0) is 17.7 Å². The van der Waals surface area contributed by atoms with Crippen LogP contribution < -0.4 is 5.32 Å². The first-order valence-corrected chi connectivity index (χ1v) is 5.60. The zero-order valence-corrected chi connectivity index (χ0v) is 9.71. The van der Waals surface area contributed by atoms with Crippen LogP contribution in [0.5, 0.6) is 0 Å². The number of rotatable bonds is 2. The monoisotopic (exact) mass is 252 g/mol. The van der Waals surface area contributed by atoms with Gasteiger partial charge in [0.05, 0.1) is 6.54 Å². The van der Waals surface area contributed by atoms with Crippen LogP contribution in [0.2, 0.25) is 0 Å². The molecule has 0 radical (unpaired) electrons. The first-order valence-electron chi connectivity index (χ1n) is 4.81. The summed E-state index contributed by atoms with van der Waals surface area (Å²) >= 11 is 3.43. The summed E-state index contributed by atoms with van der Waals surface area (Å²) in [6.45, 7) is 4.08. The van der Waals surface area contributed by atoms with E-state index in [2.05, 4.69) is 57.4 Å². The predicted molar refractivity (Wildman–Crippen MR) is 62.9 cm³/mol. The Hall–Kier alpha value is -0.830. The quantitative estimate of drug-likeness (QED) is 0.860. The molecule has 0 saturated carbocycles. The highest BCUT2D eigenvalue weighted by Crippen LogP contribution is 2.19. The number of benzene rings is 1. The first kappa shape index (κ1) is 9.71. The minimum atomic E-state index is 0.380. The largest absolute Gasteiger partial charge is 0.371 e. The Labute approximate surface area is 92.6 Å². The zero-order chi connectivity index (χ0) is 9.97. The Balaban J connectivity index is 2.18. The van der Waals surface area contributed by atoms with E-state index >= 15 is 0 Å². The maximum Gasteiger partial charge on any atom is 0.104 e. The van der Waals surface area contributed by atoms with Gasteiger partial charge in [0.25, 0.3) is 0 Å². The third-order valence-corrected chi connectivity index (χ3v) is 3.01. The topological polar surface area (TPSA) is 24.4 Å². The Bertz CT molecular complexity index is 343. The molecule has 74 valence electrons. The van der Waals surface area contributed by atoms with Crippen molar-refractivity contribution in [3.8, 4) is 0 Å². The van der Waals surface area contributed by atoms with Crippen LogP contribution in [0.25, 0.3) is 0 Å². The van der Waals surface area contributed by atoms with Crippen LogP contribution in [0.1, 0.15) is 18.4 Å². The highest BCUT2D eigenvalue weighted by Gasteiger charge is 2.15. The van der Waals surface area contributed by atoms with Crippen molar-refractivity contribution in [3.63, 3.8) is 0 Å². The molecular weight excluding hydrogens is 240 g/mol. The summed E-state index contributed by atoms with van der Waals surface area (Å²) in [7, 11) is 0. The van der Waals surface area contributed by atoms with Gasteiger partial charge in [0.2, 0.25) is 0 Å². The molecular formula is C11H13BrN2. The molecule has 1 aromatic carbocycles. The average Bonchev–Trinajstić information content (AvgIpc) is 2.71. The maximum absolute atomic E-state index is 4.43.